The van der Waals surface area contributed by atoms with Crippen LogP contribution in [0.25, 0.3) is 0 Å². The lowest BCUT2D eigenvalue weighted by Gasteiger charge is -2.14. The standard InChI is InChI=1S/C14H15NO3S/c16-12(11-6-7-19-9-11)8-15-14(18)13(17)10-4-2-1-3-5-10/h1-7,9,12-13,16-17H,8H2,(H,15,18)/t12-,13+/m0/s1. The van der Waals surface area contributed by atoms with Gasteiger partial charge in [0.15, 0.2) is 6.10 Å². The molecule has 3 N–H and O–H groups in total. The molecule has 4 nitrogen and oxygen atoms in total. The third-order valence-corrected chi connectivity index (χ3v) is 3.46. The predicted octanol–water partition coefficient (Wildman–Crippen LogP) is 1.63. The Morgan fingerprint density at radius 2 is 1.89 bits per heavy atom. The second kappa shape index (κ2) is 6.47. The molecule has 2 atom stereocenters. The van der Waals surface area contributed by atoms with E-state index in [0.717, 1.165) is 5.56 Å². The highest BCUT2D eigenvalue weighted by molar-refractivity contribution is 7.07. The van der Waals surface area contributed by atoms with Crippen LogP contribution in [0.3, 0.4) is 0 Å². The van der Waals surface area contributed by atoms with Crippen molar-refractivity contribution in [3.8, 4) is 0 Å². The van der Waals surface area contributed by atoms with Crippen LogP contribution in [0.4, 0.5) is 0 Å². The summed E-state index contributed by atoms with van der Waals surface area (Å²) in [6.07, 6.45) is -1.96. The molecular formula is C14H15NO3S. The SMILES string of the molecule is O=C(NC[C@H](O)c1ccsc1)[C@H](O)c1ccccc1. The van der Waals surface area contributed by atoms with Crippen molar-refractivity contribution in [2.75, 3.05) is 6.54 Å². The van der Waals surface area contributed by atoms with Crippen LogP contribution in [0.2, 0.25) is 0 Å². The maximum Gasteiger partial charge on any atom is 0.253 e. The molecule has 2 aromatic rings. The van der Waals surface area contributed by atoms with Crippen LogP contribution in [-0.4, -0.2) is 22.7 Å². The number of aliphatic hydroxyl groups excluding tert-OH is 2. The third-order valence-electron chi connectivity index (χ3n) is 2.76. The van der Waals surface area contributed by atoms with Gasteiger partial charge in [0.05, 0.1) is 6.10 Å². The van der Waals surface area contributed by atoms with E-state index in [-0.39, 0.29) is 6.54 Å². The van der Waals surface area contributed by atoms with E-state index in [1.165, 1.54) is 11.3 Å². The van der Waals surface area contributed by atoms with E-state index in [0.29, 0.717) is 5.56 Å². The van der Waals surface area contributed by atoms with Crippen molar-refractivity contribution < 1.29 is 15.0 Å². The van der Waals surface area contributed by atoms with Gasteiger partial charge in [-0.3, -0.25) is 4.79 Å². The highest BCUT2D eigenvalue weighted by Gasteiger charge is 2.18. The Balaban J connectivity index is 1.88. The van der Waals surface area contributed by atoms with E-state index in [1.807, 2.05) is 16.8 Å². The Labute approximate surface area is 115 Å². The number of amides is 1. The molecule has 0 saturated carbocycles. The number of hydrogen-bond acceptors (Lipinski definition) is 4. The van der Waals surface area contributed by atoms with Crippen molar-refractivity contribution in [1.29, 1.82) is 0 Å². The number of nitrogens with one attached hydrogen (secondary N) is 1. The summed E-state index contributed by atoms with van der Waals surface area (Å²) in [6.45, 7) is 0.0828. The molecule has 0 aliphatic heterocycles. The third kappa shape index (κ3) is 3.64. The summed E-state index contributed by atoms with van der Waals surface area (Å²) in [7, 11) is 0. The van der Waals surface area contributed by atoms with Crippen LogP contribution in [0.5, 0.6) is 0 Å². The first kappa shape index (κ1) is 13.7. The molecule has 1 aromatic carbocycles. The first-order chi connectivity index (χ1) is 9.18. The van der Waals surface area contributed by atoms with Crippen LogP contribution in [0.1, 0.15) is 23.3 Å². The van der Waals surface area contributed by atoms with Gasteiger partial charge in [-0.1, -0.05) is 30.3 Å². The summed E-state index contributed by atoms with van der Waals surface area (Å²) in [6, 6.07) is 10.5. The fourth-order valence-electron chi connectivity index (χ4n) is 1.66. The summed E-state index contributed by atoms with van der Waals surface area (Å²) < 4.78 is 0. The Morgan fingerprint density at radius 1 is 1.16 bits per heavy atom. The molecule has 0 unspecified atom stereocenters. The Hall–Kier alpha value is -1.69. The molecule has 1 aromatic heterocycles. The van der Waals surface area contributed by atoms with E-state index >= 15 is 0 Å². The van der Waals surface area contributed by atoms with Crippen molar-refractivity contribution >= 4 is 17.2 Å². The predicted molar refractivity (Wildman–Crippen MR) is 73.7 cm³/mol. The van der Waals surface area contributed by atoms with Gasteiger partial charge in [-0.05, 0) is 28.0 Å². The smallest absolute Gasteiger partial charge is 0.253 e. The van der Waals surface area contributed by atoms with Crippen molar-refractivity contribution in [3.05, 3.63) is 58.3 Å². The first-order valence-electron chi connectivity index (χ1n) is 5.89. The van der Waals surface area contributed by atoms with E-state index in [2.05, 4.69) is 5.32 Å². The number of carbonyl (C=O) groups is 1. The topological polar surface area (TPSA) is 69.6 Å². The van der Waals surface area contributed by atoms with Crippen LogP contribution in [-0.2, 0) is 4.79 Å². The highest BCUT2D eigenvalue weighted by Crippen LogP contribution is 2.16. The molecule has 1 amide bonds. The summed E-state index contributed by atoms with van der Waals surface area (Å²) in [4.78, 5) is 11.7. The summed E-state index contributed by atoms with van der Waals surface area (Å²) in [5.41, 5.74) is 1.30. The average molecular weight is 277 g/mol. The van der Waals surface area contributed by atoms with Gasteiger partial charge in [-0.15, -0.1) is 0 Å². The molecule has 0 aliphatic rings. The Kier molecular flexibility index (Phi) is 4.68. The minimum atomic E-state index is -1.21. The van der Waals surface area contributed by atoms with Crippen molar-refractivity contribution in [1.82, 2.24) is 5.32 Å². The van der Waals surface area contributed by atoms with Gasteiger partial charge in [0.1, 0.15) is 0 Å². The molecule has 0 fully saturated rings. The molecule has 1 heterocycles. The van der Waals surface area contributed by atoms with Gasteiger partial charge in [-0.25, -0.2) is 0 Å². The molecule has 100 valence electrons. The van der Waals surface area contributed by atoms with E-state index in [4.69, 9.17) is 0 Å². The maximum atomic E-state index is 11.7. The van der Waals surface area contributed by atoms with E-state index < -0.39 is 18.1 Å². The molecule has 0 spiro atoms. The largest absolute Gasteiger partial charge is 0.387 e. The zero-order valence-electron chi connectivity index (χ0n) is 10.2. The fourth-order valence-corrected chi connectivity index (χ4v) is 2.37. The average Bonchev–Trinajstić information content (AvgIpc) is 2.98. The lowest BCUT2D eigenvalue weighted by Crippen LogP contribution is -2.32. The number of carbonyl (C=O) groups excluding carboxylic acids is 1. The monoisotopic (exact) mass is 277 g/mol. The zero-order chi connectivity index (χ0) is 13.7. The molecule has 0 aliphatic carbocycles. The number of benzene rings is 1. The minimum Gasteiger partial charge on any atom is -0.387 e. The van der Waals surface area contributed by atoms with E-state index in [1.54, 1.807) is 30.3 Å². The van der Waals surface area contributed by atoms with Crippen LogP contribution >= 0.6 is 11.3 Å². The fraction of sp³-hybridized carbons (Fsp3) is 0.214. The lowest BCUT2D eigenvalue weighted by molar-refractivity contribution is -0.130. The van der Waals surface area contributed by atoms with Crippen LogP contribution in [0, 0.1) is 0 Å². The van der Waals surface area contributed by atoms with Crippen LogP contribution in [0.15, 0.2) is 47.2 Å². The van der Waals surface area contributed by atoms with Crippen molar-refractivity contribution in [2.24, 2.45) is 0 Å². The molecule has 0 radical (unpaired) electrons. The second-order valence-corrected chi connectivity index (χ2v) is 4.91. The van der Waals surface area contributed by atoms with Gasteiger partial charge in [0, 0.05) is 6.54 Å². The molecule has 2 rings (SSSR count). The van der Waals surface area contributed by atoms with Gasteiger partial charge in [0.2, 0.25) is 0 Å². The quantitative estimate of drug-likeness (QED) is 0.778. The van der Waals surface area contributed by atoms with Gasteiger partial charge >= 0.3 is 0 Å². The molecular weight excluding hydrogens is 262 g/mol. The first-order valence-corrected chi connectivity index (χ1v) is 6.83. The van der Waals surface area contributed by atoms with Gasteiger partial charge < -0.3 is 15.5 Å². The van der Waals surface area contributed by atoms with Gasteiger partial charge in [-0.2, -0.15) is 11.3 Å². The number of rotatable bonds is 5. The molecule has 0 bridgehead atoms. The maximum absolute atomic E-state index is 11.7. The number of thiophene rings is 1. The van der Waals surface area contributed by atoms with Gasteiger partial charge in [0.25, 0.3) is 5.91 Å². The zero-order valence-corrected chi connectivity index (χ0v) is 11.0. The van der Waals surface area contributed by atoms with E-state index in [9.17, 15) is 15.0 Å². The molecule has 5 heteroatoms. The lowest BCUT2D eigenvalue weighted by atomic mass is 10.1. The number of aliphatic hydroxyl groups is 2. The molecule has 19 heavy (non-hydrogen) atoms. The van der Waals surface area contributed by atoms with Crippen molar-refractivity contribution in [3.63, 3.8) is 0 Å². The molecule has 0 saturated heterocycles. The van der Waals surface area contributed by atoms with Crippen LogP contribution < -0.4 is 5.32 Å². The highest BCUT2D eigenvalue weighted by atomic mass is 32.1. The Morgan fingerprint density at radius 3 is 2.53 bits per heavy atom. The minimum absolute atomic E-state index is 0.0828. The summed E-state index contributed by atoms with van der Waals surface area (Å²) >= 11 is 1.48. The number of hydrogen-bond donors (Lipinski definition) is 3. The summed E-state index contributed by atoms with van der Waals surface area (Å²) in [5, 5.41) is 25.9. The second-order valence-electron chi connectivity index (χ2n) is 4.13. The summed E-state index contributed by atoms with van der Waals surface area (Å²) in [5.74, 6) is -0.513. The normalized spacial score (nSPS) is 13.8. The Bertz CT molecular complexity index is 513. The van der Waals surface area contributed by atoms with Crippen molar-refractivity contribution in [2.45, 2.75) is 12.2 Å².